The molecule has 0 aliphatic heterocycles. The van der Waals surface area contributed by atoms with Gasteiger partial charge in [-0.3, -0.25) is 0 Å². The van der Waals surface area contributed by atoms with Gasteiger partial charge in [0, 0.05) is 6.21 Å². The summed E-state index contributed by atoms with van der Waals surface area (Å²) in [7, 11) is 0. The number of hydrogen-bond donors (Lipinski definition) is 0. The lowest BCUT2D eigenvalue weighted by molar-refractivity contribution is 0.160. The van der Waals surface area contributed by atoms with Crippen LogP contribution in [0.5, 0.6) is 0 Å². The number of nitrogens with zero attached hydrogens (tertiary/aromatic N) is 1. The molecule has 0 N–H and O–H groups in total. The molecule has 0 aliphatic rings. The third-order valence-corrected chi connectivity index (χ3v) is 0.309. The van der Waals surface area contributed by atoms with Crippen LogP contribution in [0, 0.1) is 0 Å². The van der Waals surface area contributed by atoms with Gasteiger partial charge in [0.05, 0.1) is 0 Å². The predicted molar refractivity (Wildman–Crippen MR) is 33.0 cm³/mol. The third-order valence-electron chi connectivity index (χ3n) is 0.309. The lowest BCUT2D eigenvalue weighted by Crippen LogP contribution is -1.75. The van der Waals surface area contributed by atoms with Crippen molar-refractivity contribution in [2.45, 2.75) is 13.8 Å². The van der Waals surface area contributed by atoms with Crippen LogP contribution in [0.2, 0.25) is 0 Å². The fraction of sp³-hybridized carbons (Fsp3) is 0.750. The largest absolute Gasteiger partial charge is 0.396 e. The summed E-state index contributed by atoms with van der Waals surface area (Å²) < 4.78 is 0. The van der Waals surface area contributed by atoms with Gasteiger partial charge in [-0.15, -0.1) is 12.4 Å². The Hall–Kier alpha value is -0.240. The molecule has 0 aromatic heterocycles. The molecule has 2 nitrogen and oxygen atoms in total. The quantitative estimate of drug-likeness (QED) is 0.402. The number of rotatable bonds is 2. The van der Waals surface area contributed by atoms with Crippen LogP contribution in [0.25, 0.3) is 0 Å². The van der Waals surface area contributed by atoms with Crippen LogP contribution in [0.15, 0.2) is 5.16 Å². The Morgan fingerprint density at radius 1 is 1.71 bits per heavy atom. The van der Waals surface area contributed by atoms with Gasteiger partial charge in [-0.05, 0) is 13.8 Å². The molecule has 3 heteroatoms. The highest BCUT2D eigenvalue weighted by molar-refractivity contribution is 5.85. The molecule has 0 fully saturated rings. The third kappa shape index (κ3) is 10.7. The molecular formula is C4H10ClNO. The molecule has 0 heterocycles. The molecule has 0 saturated carbocycles. The average molecular weight is 124 g/mol. The molecule has 7 heavy (non-hydrogen) atoms. The van der Waals surface area contributed by atoms with Crippen LogP contribution in [0.3, 0.4) is 0 Å². The van der Waals surface area contributed by atoms with E-state index in [9.17, 15) is 0 Å². The second-order valence-electron chi connectivity index (χ2n) is 0.781. The van der Waals surface area contributed by atoms with Crippen molar-refractivity contribution in [2.24, 2.45) is 5.16 Å². The maximum atomic E-state index is 4.55. The van der Waals surface area contributed by atoms with E-state index in [2.05, 4.69) is 9.99 Å². The first-order valence-corrected chi connectivity index (χ1v) is 2.01. The van der Waals surface area contributed by atoms with Gasteiger partial charge < -0.3 is 4.84 Å². The molecule has 0 rings (SSSR count). The molecule has 0 radical (unpaired) electrons. The predicted octanol–water partition coefficient (Wildman–Crippen LogP) is 1.45. The van der Waals surface area contributed by atoms with Crippen molar-refractivity contribution in [2.75, 3.05) is 6.61 Å². The number of oxime groups is 1. The zero-order chi connectivity index (χ0) is 4.83. The summed E-state index contributed by atoms with van der Waals surface area (Å²) in [5.41, 5.74) is 0. The molecule has 0 aliphatic carbocycles. The normalized spacial score (nSPS) is 8.29. The Morgan fingerprint density at radius 2 is 2.29 bits per heavy atom. The van der Waals surface area contributed by atoms with Gasteiger partial charge in [0.15, 0.2) is 0 Å². The molecule has 0 aromatic rings. The second-order valence-corrected chi connectivity index (χ2v) is 0.781. The minimum Gasteiger partial charge on any atom is -0.396 e. The van der Waals surface area contributed by atoms with Gasteiger partial charge in [0.1, 0.15) is 6.61 Å². The highest BCUT2D eigenvalue weighted by Crippen LogP contribution is 1.67. The lowest BCUT2D eigenvalue weighted by atomic mass is 10.9. The second kappa shape index (κ2) is 9.23. The summed E-state index contributed by atoms with van der Waals surface area (Å²) >= 11 is 0. The number of hydrogen-bond acceptors (Lipinski definition) is 2. The first-order valence-electron chi connectivity index (χ1n) is 2.01. The van der Waals surface area contributed by atoms with E-state index < -0.39 is 0 Å². The SMILES string of the molecule is CC=NOCC.Cl. The molecule has 0 atom stereocenters. The summed E-state index contributed by atoms with van der Waals surface area (Å²) in [5.74, 6) is 0. The molecule has 0 saturated heterocycles. The summed E-state index contributed by atoms with van der Waals surface area (Å²) in [5, 5.41) is 3.47. The summed E-state index contributed by atoms with van der Waals surface area (Å²) in [4.78, 5) is 4.55. The molecule has 0 aromatic carbocycles. The summed E-state index contributed by atoms with van der Waals surface area (Å²) in [6.45, 7) is 4.37. The van der Waals surface area contributed by atoms with E-state index in [0.717, 1.165) is 0 Å². The van der Waals surface area contributed by atoms with Crippen LogP contribution in [0.1, 0.15) is 13.8 Å². The molecule has 0 bridgehead atoms. The van der Waals surface area contributed by atoms with Gasteiger partial charge >= 0.3 is 0 Å². The minimum atomic E-state index is 0. The van der Waals surface area contributed by atoms with Crippen molar-refractivity contribution in [1.29, 1.82) is 0 Å². The summed E-state index contributed by atoms with van der Waals surface area (Å²) in [6, 6.07) is 0. The molecule has 0 spiro atoms. The zero-order valence-electron chi connectivity index (χ0n) is 4.55. The van der Waals surface area contributed by atoms with Gasteiger partial charge in [0.25, 0.3) is 0 Å². The smallest absolute Gasteiger partial charge is 0.114 e. The Labute approximate surface area is 50.0 Å². The molecule has 0 unspecified atom stereocenters. The first kappa shape index (κ1) is 9.90. The lowest BCUT2D eigenvalue weighted by Gasteiger charge is -1.84. The fourth-order valence-corrected chi connectivity index (χ4v) is 0.149. The van der Waals surface area contributed by atoms with Crippen molar-refractivity contribution in [3.8, 4) is 0 Å². The van der Waals surface area contributed by atoms with Gasteiger partial charge in [-0.1, -0.05) is 5.16 Å². The average Bonchev–Trinajstić information content (AvgIpc) is 1.61. The van der Waals surface area contributed by atoms with E-state index in [1.165, 1.54) is 0 Å². The van der Waals surface area contributed by atoms with E-state index in [1.54, 1.807) is 6.21 Å². The van der Waals surface area contributed by atoms with Crippen molar-refractivity contribution >= 4 is 18.6 Å². The maximum absolute atomic E-state index is 4.55. The van der Waals surface area contributed by atoms with Crippen LogP contribution in [0.4, 0.5) is 0 Å². The maximum Gasteiger partial charge on any atom is 0.114 e. The minimum absolute atomic E-state index is 0. The van der Waals surface area contributed by atoms with Crippen LogP contribution in [-0.2, 0) is 4.84 Å². The standard InChI is InChI=1S/C4H9NO.ClH/c1-3-5-6-4-2;/h3H,4H2,1-2H3;1H. The summed E-state index contributed by atoms with van der Waals surface area (Å²) in [6.07, 6.45) is 1.61. The highest BCUT2D eigenvalue weighted by atomic mass is 35.5. The molecule has 0 amide bonds. The Morgan fingerprint density at radius 3 is 2.43 bits per heavy atom. The van der Waals surface area contributed by atoms with Gasteiger partial charge in [0.2, 0.25) is 0 Å². The molecule has 44 valence electrons. The zero-order valence-corrected chi connectivity index (χ0v) is 5.36. The van der Waals surface area contributed by atoms with Crippen molar-refractivity contribution in [1.82, 2.24) is 0 Å². The van der Waals surface area contributed by atoms with E-state index in [-0.39, 0.29) is 12.4 Å². The van der Waals surface area contributed by atoms with E-state index >= 15 is 0 Å². The van der Waals surface area contributed by atoms with E-state index in [0.29, 0.717) is 6.61 Å². The van der Waals surface area contributed by atoms with Gasteiger partial charge in [-0.2, -0.15) is 0 Å². The monoisotopic (exact) mass is 123 g/mol. The van der Waals surface area contributed by atoms with E-state index in [1.807, 2.05) is 13.8 Å². The Balaban J connectivity index is 0. The van der Waals surface area contributed by atoms with Crippen LogP contribution < -0.4 is 0 Å². The van der Waals surface area contributed by atoms with Crippen LogP contribution >= 0.6 is 12.4 Å². The van der Waals surface area contributed by atoms with E-state index in [4.69, 9.17) is 0 Å². The Bertz CT molecular complexity index is 47.0. The van der Waals surface area contributed by atoms with Crippen molar-refractivity contribution < 1.29 is 4.84 Å². The fourth-order valence-electron chi connectivity index (χ4n) is 0.149. The number of halogens is 1. The van der Waals surface area contributed by atoms with Gasteiger partial charge in [-0.25, -0.2) is 0 Å². The first-order chi connectivity index (χ1) is 2.91. The van der Waals surface area contributed by atoms with Crippen LogP contribution in [-0.4, -0.2) is 12.8 Å². The Kier molecular flexibility index (Phi) is 13.1. The van der Waals surface area contributed by atoms with Crippen molar-refractivity contribution in [3.63, 3.8) is 0 Å². The molecular weight excluding hydrogens is 114 g/mol. The highest BCUT2D eigenvalue weighted by Gasteiger charge is 1.60. The topological polar surface area (TPSA) is 21.6 Å². The van der Waals surface area contributed by atoms with Crippen molar-refractivity contribution in [3.05, 3.63) is 0 Å².